The highest BCUT2D eigenvalue weighted by molar-refractivity contribution is 5.75. The molecular formula is C21H26N2O2. The van der Waals surface area contributed by atoms with Crippen molar-refractivity contribution < 1.29 is 9.90 Å². The summed E-state index contributed by atoms with van der Waals surface area (Å²) in [5.41, 5.74) is 5.78. The topological polar surface area (TPSA) is 43.8 Å². The maximum absolute atomic E-state index is 11.9. The molecular weight excluding hydrogens is 312 g/mol. The number of piperazine rings is 1. The molecule has 1 saturated heterocycles. The van der Waals surface area contributed by atoms with Crippen LogP contribution in [0, 0.1) is 20.8 Å². The van der Waals surface area contributed by atoms with Crippen LogP contribution in [0.1, 0.15) is 28.3 Å². The molecule has 0 unspecified atom stereocenters. The van der Waals surface area contributed by atoms with Gasteiger partial charge in [0, 0.05) is 31.9 Å². The van der Waals surface area contributed by atoms with Crippen molar-refractivity contribution in [1.29, 1.82) is 0 Å². The molecule has 0 radical (unpaired) electrons. The van der Waals surface area contributed by atoms with Crippen LogP contribution in [0.4, 0.5) is 5.69 Å². The van der Waals surface area contributed by atoms with Crippen molar-refractivity contribution in [3.8, 4) is 0 Å². The fourth-order valence-electron chi connectivity index (χ4n) is 3.51. The number of aliphatic carboxylic acids is 1. The maximum atomic E-state index is 11.9. The van der Waals surface area contributed by atoms with Crippen LogP contribution in [0.25, 0.3) is 0 Å². The van der Waals surface area contributed by atoms with Gasteiger partial charge < -0.3 is 10.0 Å². The van der Waals surface area contributed by atoms with Crippen molar-refractivity contribution >= 4 is 11.7 Å². The lowest BCUT2D eigenvalue weighted by Crippen LogP contribution is -2.49. The smallest absolute Gasteiger partial charge is 0.325 e. The first-order valence-electron chi connectivity index (χ1n) is 8.81. The molecule has 2 aromatic carbocycles. The lowest BCUT2D eigenvalue weighted by atomic mass is 10.0. The summed E-state index contributed by atoms with van der Waals surface area (Å²) in [6, 6.07) is 13.8. The van der Waals surface area contributed by atoms with Crippen molar-refractivity contribution in [3.05, 3.63) is 64.7 Å². The zero-order valence-electron chi connectivity index (χ0n) is 15.2. The summed E-state index contributed by atoms with van der Waals surface area (Å²) in [6.07, 6.45) is 0. The van der Waals surface area contributed by atoms with Gasteiger partial charge in [0.25, 0.3) is 0 Å². The minimum atomic E-state index is -0.773. The Morgan fingerprint density at radius 1 is 0.960 bits per heavy atom. The van der Waals surface area contributed by atoms with Crippen LogP contribution in [0.2, 0.25) is 0 Å². The zero-order chi connectivity index (χ0) is 18.0. The Labute approximate surface area is 149 Å². The summed E-state index contributed by atoms with van der Waals surface area (Å²) in [4.78, 5) is 16.3. The van der Waals surface area contributed by atoms with E-state index in [0.717, 1.165) is 37.3 Å². The first-order chi connectivity index (χ1) is 12.0. The molecule has 0 amide bonds. The van der Waals surface area contributed by atoms with E-state index in [4.69, 9.17) is 0 Å². The lowest BCUT2D eigenvalue weighted by molar-refractivity contribution is -0.143. The van der Waals surface area contributed by atoms with Crippen molar-refractivity contribution in [1.82, 2.24) is 4.90 Å². The third-order valence-electron chi connectivity index (χ3n) is 5.13. The minimum Gasteiger partial charge on any atom is -0.480 e. The highest BCUT2D eigenvalue weighted by Crippen LogP contribution is 2.26. The quantitative estimate of drug-likeness (QED) is 0.926. The third kappa shape index (κ3) is 3.85. The molecule has 2 aromatic rings. The molecule has 132 valence electrons. The fourth-order valence-corrected chi connectivity index (χ4v) is 3.51. The number of hydrogen-bond donors (Lipinski definition) is 1. The van der Waals surface area contributed by atoms with Crippen LogP contribution in [0.3, 0.4) is 0 Å². The molecule has 0 spiro atoms. The number of aryl methyl sites for hydroxylation is 3. The number of carbonyl (C=O) groups is 1. The van der Waals surface area contributed by atoms with Crippen LogP contribution < -0.4 is 4.90 Å². The Morgan fingerprint density at radius 2 is 1.68 bits per heavy atom. The Balaban J connectivity index is 1.73. The summed E-state index contributed by atoms with van der Waals surface area (Å²) >= 11 is 0. The van der Waals surface area contributed by atoms with E-state index in [1.165, 1.54) is 16.8 Å². The largest absolute Gasteiger partial charge is 0.480 e. The molecule has 3 rings (SSSR count). The molecule has 1 fully saturated rings. The van der Waals surface area contributed by atoms with Gasteiger partial charge in [0.1, 0.15) is 6.04 Å². The second-order valence-corrected chi connectivity index (χ2v) is 6.95. The van der Waals surface area contributed by atoms with Crippen LogP contribution >= 0.6 is 0 Å². The van der Waals surface area contributed by atoms with E-state index in [-0.39, 0.29) is 0 Å². The Bertz CT molecular complexity index is 764. The van der Waals surface area contributed by atoms with Crippen molar-refractivity contribution in [3.63, 3.8) is 0 Å². The number of benzene rings is 2. The highest BCUT2D eigenvalue weighted by atomic mass is 16.4. The minimum absolute atomic E-state index is 0.568. The second-order valence-electron chi connectivity index (χ2n) is 6.95. The Morgan fingerprint density at radius 3 is 2.28 bits per heavy atom. The first kappa shape index (κ1) is 17.5. The van der Waals surface area contributed by atoms with E-state index in [9.17, 15) is 9.90 Å². The van der Waals surface area contributed by atoms with E-state index in [1.54, 1.807) is 0 Å². The monoisotopic (exact) mass is 338 g/mol. The van der Waals surface area contributed by atoms with Gasteiger partial charge in [0.05, 0.1) is 0 Å². The molecule has 1 aliphatic rings. The maximum Gasteiger partial charge on any atom is 0.325 e. The number of hydrogen-bond acceptors (Lipinski definition) is 3. The Kier molecular flexibility index (Phi) is 5.09. The molecule has 4 heteroatoms. The predicted molar refractivity (Wildman–Crippen MR) is 101 cm³/mol. The third-order valence-corrected chi connectivity index (χ3v) is 5.13. The molecule has 1 heterocycles. The SMILES string of the molecule is Cc1cccc([C@@H](C(=O)O)N2CCN(c3ccc(C)c(C)c3)CC2)c1. The van der Waals surface area contributed by atoms with Gasteiger partial charge in [0.15, 0.2) is 0 Å². The molecule has 1 aliphatic heterocycles. The van der Waals surface area contributed by atoms with E-state index in [2.05, 4.69) is 41.8 Å². The van der Waals surface area contributed by atoms with Crippen LogP contribution in [-0.4, -0.2) is 42.2 Å². The van der Waals surface area contributed by atoms with E-state index in [1.807, 2.05) is 31.2 Å². The first-order valence-corrected chi connectivity index (χ1v) is 8.81. The molecule has 0 bridgehead atoms. The van der Waals surface area contributed by atoms with Gasteiger partial charge in [0.2, 0.25) is 0 Å². The standard InChI is InChI=1S/C21H26N2O2/c1-15-5-4-6-18(13-15)20(21(24)25)23-11-9-22(10-12-23)19-8-7-16(2)17(3)14-19/h4-8,13-14,20H,9-12H2,1-3H3,(H,24,25)/t20-/m0/s1. The summed E-state index contributed by atoms with van der Waals surface area (Å²) in [5.74, 6) is -0.773. The molecule has 1 N–H and O–H groups in total. The van der Waals surface area contributed by atoms with Gasteiger partial charge in [-0.1, -0.05) is 35.9 Å². The average molecular weight is 338 g/mol. The van der Waals surface area contributed by atoms with Crippen LogP contribution in [0.5, 0.6) is 0 Å². The Hall–Kier alpha value is -2.33. The number of rotatable bonds is 4. The van der Waals surface area contributed by atoms with Crippen LogP contribution in [0.15, 0.2) is 42.5 Å². The predicted octanol–water partition coefficient (Wildman–Crippen LogP) is 3.56. The summed E-state index contributed by atoms with van der Waals surface area (Å²) in [6.45, 7) is 9.44. The zero-order valence-corrected chi connectivity index (χ0v) is 15.2. The van der Waals surface area contributed by atoms with Gasteiger partial charge in [-0.3, -0.25) is 9.69 Å². The number of anilines is 1. The summed E-state index contributed by atoms with van der Waals surface area (Å²) in [7, 11) is 0. The molecule has 0 aromatic heterocycles. The molecule has 0 saturated carbocycles. The molecule has 0 aliphatic carbocycles. The van der Waals surface area contributed by atoms with Gasteiger partial charge in [-0.05, 0) is 49.6 Å². The normalized spacial score (nSPS) is 16.7. The second kappa shape index (κ2) is 7.28. The lowest BCUT2D eigenvalue weighted by Gasteiger charge is -2.39. The summed E-state index contributed by atoms with van der Waals surface area (Å²) in [5, 5.41) is 9.76. The van der Waals surface area contributed by atoms with E-state index < -0.39 is 12.0 Å². The number of nitrogens with zero attached hydrogens (tertiary/aromatic N) is 2. The molecule has 1 atom stereocenters. The van der Waals surface area contributed by atoms with Gasteiger partial charge in [-0.2, -0.15) is 0 Å². The average Bonchev–Trinajstić information content (AvgIpc) is 2.58. The van der Waals surface area contributed by atoms with Crippen molar-refractivity contribution in [2.45, 2.75) is 26.8 Å². The van der Waals surface area contributed by atoms with E-state index in [0.29, 0.717) is 0 Å². The highest BCUT2D eigenvalue weighted by Gasteiger charge is 2.30. The van der Waals surface area contributed by atoms with E-state index >= 15 is 0 Å². The van der Waals surface area contributed by atoms with Crippen LogP contribution in [-0.2, 0) is 4.79 Å². The van der Waals surface area contributed by atoms with Crippen molar-refractivity contribution in [2.75, 3.05) is 31.1 Å². The number of carboxylic acids is 1. The van der Waals surface area contributed by atoms with Gasteiger partial charge >= 0.3 is 5.97 Å². The molecule has 4 nitrogen and oxygen atoms in total. The molecule has 25 heavy (non-hydrogen) atoms. The number of carboxylic acid groups (broad SMARTS) is 1. The summed E-state index contributed by atoms with van der Waals surface area (Å²) < 4.78 is 0. The van der Waals surface area contributed by atoms with Gasteiger partial charge in [-0.25, -0.2) is 0 Å². The van der Waals surface area contributed by atoms with Gasteiger partial charge in [-0.15, -0.1) is 0 Å². The fraction of sp³-hybridized carbons (Fsp3) is 0.381. The van der Waals surface area contributed by atoms with Crippen molar-refractivity contribution in [2.24, 2.45) is 0 Å².